The monoisotopic (exact) mass is 387 g/mol. The van der Waals surface area contributed by atoms with Gasteiger partial charge in [-0.25, -0.2) is 17.9 Å². The van der Waals surface area contributed by atoms with Crippen molar-refractivity contribution in [3.05, 3.63) is 29.0 Å². The highest BCUT2D eigenvalue weighted by molar-refractivity contribution is 7.90. The topological polar surface area (TPSA) is 132 Å². The number of carbonyl (C=O) groups is 1. The van der Waals surface area contributed by atoms with Crippen molar-refractivity contribution in [1.82, 2.24) is 19.7 Å². The number of carbonyl (C=O) groups excluding carboxylic acids is 1. The molecule has 12 heteroatoms. The van der Waals surface area contributed by atoms with Gasteiger partial charge in [0.25, 0.3) is 10.0 Å². The fraction of sp³-hybridized carbons (Fsp3) is 0.231. The summed E-state index contributed by atoms with van der Waals surface area (Å²) < 4.78 is 36.3. The number of ether oxygens (including phenoxy) is 2. The average Bonchev–Trinajstić information content (AvgIpc) is 2.53. The molecule has 25 heavy (non-hydrogen) atoms. The van der Waals surface area contributed by atoms with Gasteiger partial charge < -0.3 is 9.47 Å². The highest BCUT2D eigenvalue weighted by Gasteiger charge is 2.23. The third-order valence-corrected chi connectivity index (χ3v) is 4.67. The quantitative estimate of drug-likeness (QED) is 0.785. The minimum Gasteiger partial charge on any atom is -0.495 e. The third-order valence-electron chi connectivity index (χ3n) is 2.80. The lowest BCUT2D eigenvalue weighted by molar-refractivity contribution is 0.256. The Hall–Kier alpha value is -2.66. The molecular weight excluding hydrogens is 374 g/mol. The van der Waals surface area contributed by atoms with E-state index in [1.807, 2.05) is 4.72 Å². The van der Waals surface area contributed by atoms with Crippen LogP contribution in [0.1, 0.15) is 5.82 Å². The van der Waals surface area contributed by atoms with Crippen molar-refractivity contribution in [2.24, 2.45) is 0 Å². The summed E-state index contributed by atoms with van der Waals surface area (Å²) in [4.78, 5) is 23.1. The lowest BCUT2D eigenvalue weighted by atomic mass is 10.3. The van der Waals surface area contributed by atoms with Crippen molar-refractivity contribution < 1.29 is 22.7 Å². The Kier molecular flexibility index (Phi) is 5.59. The van der Waals surface area contributed by atoms with E-state index in [1.165, 1.54) is 32.4 Å². The Morgan fingerprint density at radius 2 is 1.88 bits per heavy atom. The van der Waals surface area contributed by atoms with Crippen LogP contribution in [0.3, 0.4) is 0 Å². The first-order chi connectivity index (χ1) is 11.8. The Bertz CT molecular complexity index is 906. The minimum absolute atomic E-state index is 0.0264. The number of anilines is 1. The molecule has 0 radical (unpaired) electrons. The number of nitrogens with zero attached hydrogens (tertiary/aromatic N) is 3. The van der Waals surface area contributed by atoms with Crippen molar-refractivity contribution in [3.8, 4) is 11.8 Å². The summed E-state index contributed by atoms with van der Waals surface area (Å²) in [7, 11) is -1.56. The molecule has 0 aliphatic heterocycles. The summed E-state index contributed by atoms with van der Waals surface area (Å²) in [5.74, 6) is 0.261. The number of amides is 2. The zero-order chi connectivity index (χ0) is 18.6. The molecule has 10 nitrogen and oxygen atoms in total. The number of hydrogen-bond acceptors (Lipinski definition) is 8. The molecule has 0 unspecified atom stereocenters. The van der Waals surface area contributed by atoms with Crippen LogP contribution in [0.15, 0.2) is 23.1 Å². The zero-order valence-electron chi connectivity index (χ0n) is 13.4. The summed E-state index contributed by atoms with van der Waals surface area (Å²) in [6.45, 7) is 1.56. The van der Waals surface area contributed by atoms with Gasteiger partial charge in [0, 0.05) is 0 Å². The van der Waals surface area contributed by atoms with E-state index in [-0.39, 0.29) is 33.5 Å². The second-order valence-electron chi connectivity index (χ2n) is 4.52. The van der Waals surface area contributed by atoms with Gasteiger partial charge in [-0.2, -0.15) is 15.0 Å². The van der Waals surface area contributed by atoms with Gasteiger partial charge in [0.05, 0.1) is 14.2 Å². The normalized spacial score (nSPS) is 10.9. The number of aromatic nitrogens is 3. The lowest BCUT2D eigenvalue weighted by Crippen LogP contribution is -2.35. The van der Waals surface area contributed by atoms with Crippen molar-refractivity contribution >= 4 is 33.6 Å². The van der Waals surface area contributed by atoms with Crippen LogP contribution in [0.4, 0.5) is 10.7 Å². The second kappa shape index (κ2) is 7.49. The largest absolute Gasteiger partial charge is 0.495 e. The van der Waals surface area contributed by atoms with E-state index >= 15 is 0 Å². The second-order valence-corrected chi connectivity index (χ2v) is 6.55. The molecule has 0 fully saturated rings. The summed E-state index contributed by atoms with van der Waals surface area (Å²) >= 11 is 5.97. The van der Waals surface area contributed by atoms with Crippen LogP contribution in [-0.4, -0.2) is 43.6 Å². The van der Waals surface area contributed by atoms with E-state index in [0.29, 0.717) is 0 Å². The minimum atomic E-state index is -4.25. The van der Waals surface area contributed by atoms with Gasteiger partial charge in [0.15, 0.2) is 0 Å². The predicted octanol–water partition coefficient (Wildman–Crippen LogP) is 1.36. The van der Waals surface area contributed by atoms with Crippen molar-refractivity contribution in [3.63, 3.8) is 0 Å². The van der Waals surface area contributed by atoms with Crippen molar-refractivity contribution in [2.45, 2.75) is 11.8 Å². The third kappa shape index (κ3) is 4.45. The molecule has 0 saturated heterocycles. The van der Waals surface area contributed by atoms with E-state index in [4.69, 9.17) is 21.1 Å². The van der Waals surface area contributed by atoms with Gasteiger partial charge in [0.1, 0.15) is 21.5 Å². The fourth-order valence-electron chi connectivity index (χ4n) is 1.76. The standard InChI is InChI=1S/C13H14ClN5O5S/c1-7-15-11(18-13(16-7)24-3)17-12(20)19-25(21,22)9-6-4-5-8(23-2)10(9)14/h4-6H,1-3H3,(H2,15,16,17,18,19,20). The van der Waals surface area contributed by atoms with Gasteiger partial charge in [-0.05, 0) is 19.1 Å². The molecule has 0 atom stereocenters. The van der Waals surface area contributed by atoms with E-state index in [2.05, 4.69) is 20.3 Å². The smallest absolute Gasteiger partial charge is 0.335 e. The van der Waals surface area contributed by atoms with E-state index in [9.17, 15) is 13.2 Å². The molecule has 1 heterocycles. The number of methoxy groups -OCH3 is 2. The Balaban J connectivity index is 2.21. The SMILES string of the molecule is COc1nc(C)nc(NC(=O)NS(=O)(=O)c2cccc(OC)c2Cl)n1. The lowest BCUT2D eigenvalue weighted by Gasteiger charge is -2.11. The molecule has 0 saturated carbocycles. The average molecular weight is 388 g/mol. The fourth-order valence-corrected chi connectivity index (χ4v) is 3.27. The first kappa shape index (κ1) is 18.7. The highest BCUT2D eigenvalue weighted by Crippen LogP contribution is 2.30. The number of rotatable bonds is 5. The Morgan fingerprint density at radius 1 is 1.16 bits per heavy atom. The summed E-state index contributed by atoms with van der Waals surface area (Å²) in [6, 6.07) is 3.04. The molecular formula is C13H14ClN5O5S. The Labute approximate surface area is 148 Å². The number of sulfonamides is 1. The first-order valence-corrected chi connectivity index (χ1v) is 8.56. The zero-order valence-corrected chi connectivity index (χ0v) is 15.0. The number of hydrogen-bond donors (Lipinski definition) is 2. The van der Waals surface area contributed by atoms with Crippen LogP contribution in [0, 0.1) is 6.92 Å². The molecule has 1 aromatic heterocycles. The van der Waals surface area contributed by atoms with Crippen LogP contribution in [-0.2, 0) is 10.0 Å². The molecule has 2 aromatic rings. The molecule has 0 bridgehead atoms. The van der Waals surface area contributed by atoms with Crippen LogP contribution >= 0.6 is 11.6 Å². The number of nitrogens with one attached hydrogen (secondary N) is 2. The van der Waals surface area contributed by atoms with E-state index < -0.39 is 16.1 Å². The van der Waals surface area contributed by atoms with Crippen LogP contribution in [0.5, 0.6) is 11.8 Å². The summed E-state index contributed by atoms with van der Waals surface area (Å²) in [6.07, 6.45) is 0. The number of aryl methyl sites for hydroxylation is 1. The van der Waals surface area contributed by atoms with Gasteiger partial charge in [-0.1, -0.05) is 17.7 Å². The molecule has 2 amide bonds. The number of benzene rings is 1. The summed E-state index contributed by atoms with van der Waals surface area (Å²) in [5.41, 5.74) is 0. The maximum Gasteiger partial charge on any atom is 0.335 e. The predicted molar refractivity (Wildman–Crippen MR) is 88.5 cm³/mol. The Morgan fingerprint density at radius 3 is 2.52 bits per heavy atom. The molecule has 134 valence electrons. The molecule has 1 aromatic carbocycles. The molecule has 2 rings (SSSR count). The van der Waals surface area contributed by atoms with Crippen molar-refractivity contribution in [2.75, 3.05) is 19.5 Å². The van der Waals surface area contributed by atoms with E-state index in [0.717, 1.165) is 0 Å². The highest BCUT2D eigenvalue weighted by atomic mass is 35.5. The van der Waals surface area contributed by atoms with Gasteiger partial charge >= 0.3 is 12.0 Å². The van der Waals surface area contributed by atoms with Crippen LogP contribution in [0.25, 0.3) is 0 Å². The van der Waals surface area contributed by atoms with Gasteiger partial charge in [0.2, 0.25) is 5.95 Å². The molecule has 0 aliphatic carbocycles. The number of halogens is 1. The van der Waals surface area contributed by atoms with Crippen molar-refractivity contribution in [1.29, 1.82) is 0 Å². The maximum atomic E-state index is 12.3. The maximum absolute atomic E-state index is 12.3. The molecule has 0 aliphatic rings. The molecule has 2 N–H and O–H groups in total. The van der Waals surface area contributed by atoms with E-state index in [1.54, 1.807) is 6.92 Å². The summed E-state index contributed by atoms with van der Waals surface area (Å²) in [5, 5.41) is 2.04. The van der Waals surface area contributed by atoms with Gasteiger partial charge in [-0.3, -0.25) is 5.32 Å². The number of urea groups is 1. The van der Waals surface area contributed by atoms with Crippen LogP contribution < -0.4 is 19.5 Å². The van der Waals surface area contributed by atoms with Gasteiger partial charge in [-0.15, -0.1) is 0 Å². The first-order valence-electron chi connectivity index (χ1n) is 6.70. The van der Waals surface area contributed by atoms with Crippen LogP contribution in [0.2, 0.25) is 5.02 Å². The molecule has 0 spiro atoms.